The van der Waals surface area contributed by atoms with Crippen molar-refractivity contribution in [2.24, 2.45) is 10.2 Å². The van der Waals surface area contributed by atoms with Crippen LogP contribution >= 0.6 is 0 Å². The molecular weight excluding hydrogens is 298 g/mol. The van der Waals surface area contributed by atoms with Crippen molar-refractivity contribution in [3.8, 4) is 18.2 Å². The smallest absolute Gasteiger partial charge is 0.189 e. The molecule has 0 fully saturated rings. The van der Waals surface area contributed by atoms with Crippen LogP contribution in [0.2, 0.25) is 0 Å². The molecule has 5 nitrogen and oxygen atoms in total. The molecule has 24 heavy (non-hydrogen) atoms. The number of hydrogen-bond donors (Lipinski definition) is 0. The van der Waals surface area contributed by atoms with Crippen LogP contribution in [-0.4, -0.2) is 0 Å². The average Bonchev–Trinajstić information content (AvgIpc) is 2.66. The van der Waals surface area contributed by atoms with Crippen molar-refractivity contribution >= 4 is 0 Å². The first-order valence-corrected chi connectivity index (χ1v) is 7.36. The van der Waals surface area contributed by atoms with Crippen molar-refractivity contribution in [1.29, 1.82) is 15.8 Å². The molecule has 0 aliphatic heterocycles. The maximum Gasteiger partial charge on any atom is 0.189 e. The molecule has 0 spiro atoms. The standard InChI is InChI=1S/C19H15N5/c1-14(17-7-3-15(11-20)4-8-17)23-24-19(2,13-22)18-9-5-16(12-21)6-10-18/h3-10,14H,1-2H3/b24-23+. The van der Waals surface area contributed by atoms with Gasteiger partial charge in [0.2, 0.25) is 0 Å². The van der Waals surface area contributed by atoms with E-state index >= 15 is 0 Å². The van der Waals surface area contributed by atoms with Crippen LogP contribution in [0.4, 0.5) is 0 Å². The third-order valence-electron chi connectivity index (χ3n) is 3.75. The van der Waals surface area contributed by atoms with Crippen LogP contribution in [-0.2, 0) is 5.54 Å². The van der Waals surface area contributed by atoms with E-state index in [4.69, 9.17) is 10.5 Å². The summed E-state index contributed by atoms with van der Waals surface area (Å²) in [7, 11) is 0. The van der Waals surface area contributed by atoms with Crippen LogP contribution in [0.15, 0.2) is 58.8 Å². The van der Waals surface area contributed by atoms with Gasteiger partial charge in [-0.15, -0.1) is 0 Å². The van der Waals surface area contributed by atoms with E-state index in [1.54, 1.807) is 43.3 Å². The second-order valence-corrected chi connectivity index (χ2v) is 5.50. The highest BCUT2D eigenvalue weighted by Gasteiger charge is 2.26. The van der Waals surface area contributed by atoms with E-state index in [9.17, 15) is 5.26 Å². The zero-order valence-corrected chi connectivity index (χ0v) is 13.4. The van der Waals surface area contributed by atoms with Gasteiger partial charge in [0.25, 0.3) is 0 Å². The zero-order chi connectivity index (χ0) is 17.6. The number of nitriles is 3. The van der Waals surface area contributed by atoms with Crippen LogP contribution in [0.1, 0.15) is 42.1 Å². The number of nitrogens with zero attached hydrogens (tertiary/aromatic N) is 5. The number of rotatable bonds is 4. The van der Waals surface area contributed by atoms with Crippen LogP contribution in [0.25, 0.3) is 0 Å². The third kappa shape index (κ3) is 3.64. The fourth-order valence-electron chi connectivity index (χ4n) is 2.12. The zero-order valence-electron chi connectivity index (χ0n) is 13.4. The Morgan fingerprint density at radius 3 is 1.83 bits per heavy atom. The summed E-state index contributed by atoms with van der Waals surface area (Å²) < 4.78 is 0. The van der Waals surface area contributed by atoms with E-state index in [1.807, 2.05) is 25.1 Å². The molecule has 0 saturated heterocycles. The quantitative estimate of drug-likeness (QED) is 0.783. The fraction of sp³-hybridized carbons (Fsp3) is 0.211. The largest absolute Gasteiger partial charge is 0.195 e. The molecule has 0 amide bonds. The van der Waals surface area contributed by atoms with Gasteiger partial charge in [-0.25, -0.2) is 0 Å². The van der Waals surface area contributed by atoms with Gasteiger partial charge in [-0.05, 0) is 49.2 Å². The van der Waals surface area contributed by atoms with Crippen LogP contribution in [0.5, 0.6) is 0 Å². The summed E-state index contributed by atoms with van der Waals surface area (Å²) in [6.45, 7) is 3.56. The second-order valence-electron chi connectivity index (χ2n) is 5.50. The van der Waals surface area contributed by atoms with Crippen molar-refractivity contribution < 1.29 is 0 Å². The fourth-order valence-corrected chi connectivity index (χ4v) is 2.12. The van der Waals surface area contributed by atoms with Crippen molar-refractivity contribution in [3.63, 3.8) is 0 Å². The lowest BCUT2D eigenvalue weighted by atomic mass is 9.94. The summed E-state index contributed by atoms with van der Waals surface area (Å²) in [5.74, 6) is 0. The third-order valence-corrected chi connectivity index (χ3v) is 3.75. The monoisotopic (exact) mass is 313 g/mol. The summed E-state index contributed by atoms with van der Waals surface area (Å²) in [5.41, 5.74) is 1.59. The van der Waals surface area contributed by atoms with Gasteiger partial charge in [-0.2, -0.15) is 26.0 Å². The van der Waals surface area contributed by atoms with Gasteiger partial charge in [0.1, 0.15) is 0 Å². The van der Waals surface area contributed by atoms with Crippen molar-refractivity contribution in [3.05, 3.63) is 70.8 Å². The normalized spacial score (nSPS) is 14.1. The Bertz CT molecular complexity index is 860. The minimum Gasteiger partial charge on any atom is -0.195 e. The Hall–Kier alpha value is -3.49. The van der Waals surface area contributed by atoms with E-state index < -0.39 is 5.54 Å². The number of hydrogen-bond acceptors (Lipinski definition) is 5. The molecule has 0 bridgehead atoms. The molecule has 0 saturated carbocycles. The average molecular weight is 313 g/mol. The maximum absolute atomic E-state index is 9.51. The molecule has 0 aliphatic carbocycles. The summed E-state index contributed by atoms with van der Waals surface area (Å²) in [4.78, 5) is 0. The minimum atomic E-state index is -1.12. The summed E-state index contributed by atoms with van der Waals surface area (Å²) in [6, 6.07) is 19.9. The highest BCUT2D eigenvalue weighted by molar-refractivity contribution is 5.37. The topological polar surface area (TPSA) is 96.1 Å². The molecule has 2 unspecified atom stereocenters. The van der Waals surface area contributed by atoms with Gasteiger partial charge in [-0.3, -0.25) is 0 Å². The maximum atomic E-state index is 9.51. The van der Waals surface area contributed by atoms with Crippen LogP contribution in [0, 0.1) is 34.0 Å². The first kappa shape index (κ1) is 16.9. The van der Waals surface area contributed by atoms with Crippen molar-refractivity contribution in [2.45, 2.75) is 25.4 Å². The molecule has 0 heterocycles. The van der Waals surface area contributed by atoms with Gasteiger partial charge < -0.3 is 0 Å². The molecule has 2 rings (SSSR count). The molecule has 0 aromatic heterocycles. The Morgan fingerprint density at radius 1 is 0.875 bits per heavy atom. The minimum absolute atomic E-state index is 0.233. The summed E-state index contributed by atoms with van der Waals surface area (Å²) in [6.07, 6.45) is 0. The second kappa shape index (κ2) is 7.18. The molecule has 0 radical (unpaired) electrons. The number of azo groups is 1. The van der Waals surface area contributed by atoms with Gasteiger partial charge in [-0.1, -0.05) is 24.3 Å². The van der Waals surface area contributed by atoms with Crippen LogP contribution in [0.3, 0.4) is 0 Å². The van der Waals surface area contributed by atoms with Crippen molar-refractivity contribution in [1.82, 2.24) is 0 Å². The Kier molecular flexibility index (Phi) is 5.05. The van der Waals surface area contributed by atoms with Gasteiger partial charge in [0.05, 0.1) is 35.4 Å². The lowest BCUT2D eigenvalue weighted by molar-refractivity contribution is 0.566. The SMILES string of the molecule is CC(/N=N/C(C)(C#N)c1ccc(C#N)cc1)c1ccc(C#N)cc1. The van der Waals surface area contributed by atoms with Crippen molar-refractivity contribution in [2.75, 3.05) is 0 Å². The van der Waals surface area contributed by atoms with E-state index in [1.165, 1.54) is 0 Å². The van der Waals surface area contributed by atoms with Crippen LogP contribution < -0.4 is 0 Å². The molecule has 0 N–H and O–H groups in total. The predicted octanol–water partition coefficient (Wildman–Crippen LogP) is 4.38. The highest BCUT2D eigenvalue weighted by atomic mass is 15.2. The van der Waals surface area contributed by atoms with Gasteiger partial charge in [0.15, 0.2) is 5.54 Å². The van der Waals surface area contributed by atoms with Gasteiger partial charge >= 0.3 is 0 Å². The molecule has 0 aliphatic rings. The first-order chi connectivity index (χ1) is 11.5. The van der Waals surface area contributed by atoms with E-state index in [-0.39, 0.29) is 6.04 Å². The highest BCUT2D eigenvalue weighted by Crippen LogP contribution is 2.28. The Morgan fingerprint density at radius 2 is 1.38 bits per heavy atom. The van der Waals surface area contributed by atoms with E-state index in [0.29, 0.717) is 16.7 Å². The molecule has 2 aromatic carbocycles. The molecular formula is C19H15N5. The molecule has 116 valence electrons. The van der Waals surface area contributed by atoms with Gasteiger partial charge in [0, 0.05) is 0 Å². The molecule has 2 atom stereocenters. The lowest BCUT2D eigenvalue weighted by Crippen LogP contribution is -2.16. The molecule has 5 heteroatoms. The summed E-state index contributed by atoms with van der Waals surface area (Å²) in [5, 5.41) is 35.7. The first-order valence-electron chi connectivity index (χ1n) is 7.36. The lowest BCUT2D eigenvalue weighted by Gasteiger charge is -2.16. The summed E-state index contributed by atoms with van der Waals surface area (Å²) >= 11 is 0. The van der Waals surface area contributed by atoms with E-state index in [2.05, 4.69) is 22.4 Å². The predicted molar refractivity (Wildman–Crippen MR) is 88.6 cm³/mol. The van der Waals surface area contributed by atoms with E-state index in [0.717, 1.165) is 5.56 Å². The molecule has 2 aromatic rings. The number of benzene rings is 2. The Balaban J connectivity index is 2.24. The Labute approximate surface area is 141 Å².